The number of aromatic nitrogens is 1. The Morgan fingerprint density at radius 2 is 1.44 bits per heavy atom. The van der Waals surface area contributed by atoms with Crippen LogP contribution < -0.4 is 5.73 Å². The number of hydrogen-bond acceptors (Lipinski definition) is 1. The zero-order valence-corrected chi connectivity index (χ0v) is 22.8. The minimum Gasteiger partial charge on any atom is -0.344 e. The summed E-state index contributed by atoms with van der Waals surface area (Å²) in [4.78, 5) is 0. The van der Waals surface area contributed by atoms with Gasteiger partial charge in [0.05, 0.1) is 0 Å². The molecular formula is C30H48Cl2N2. The molecule has 3 saturated carbocycles. The number of nitrogens with two attached hydrogens (primary N) is 1. The molecule has 0 radical (unpaired) electrons. The Hall–Kier alpha value is -0.700. The van der Waals surface area contributed by atoms with E-state index in [0.29, 0.717) is 6.04 Å². The molecule has 3 aliphatic rings. The van der Waals surface area contributed by atoms with Gasteiger partial charge < -0.3 is 10.3 Å². The van der Waals surface area contributed by atoms with Crippen LogP contribution in [0.2, 0.25) is 0 Å². The maximum atomic E-state index is 6.16. The molecule has 1 unspecified atom stereocenters. The first-order valence-corrected chi connectivity index (χ1v) is 14.1. The van der Waals surface area contributed by atoms with Crippen LogP contribution in [-0.2, 0) is 0 Å². The van der Waals surface area contributed by atoms with Gasteiger partial charge in [-0.3, -0.25) is 0 Å². The molecule has 0 aliphatic heterocycles. The molecule has 3 aliphatic carbocycles. The molecule has 2 aromatic rings. The Labute approximate surface area is 220 Å². The van der Waals surface area contributed by atoms with Crippen LogP contribution >= 0.6 is 24.8 Å². The number of hydrogen-bond donors (Lipinski definition) is 1. The third-order valence-corrected chi connectivity index (χ3v) is 9.38. The van der Waals surface area contributed by atoms with Gasteiger partial charge >= 0.3 is 0 Å². The van der Waals surface area contributed by atoms with Gasteiger partial charge in [-0.05, 0) is 87.2 Å². The van der Waals surface area contributed by atoms with Crippen molar-refractivity contribution in [3.8, 4) is 0 Å². The van der Waals surface area contributed by atoms with E-state index in [0.717, 1.165) is 23.8 Å². The maximum Gasteiger partial charge on any atom is 0.0485 e. The van der Waals surface area contributed by atoms with Crippen molar-refractivity contribution in [3.63, 3.8) is 0 Å². The van der Waals surface area contributed by atoms with Gasteiger partial charge in [0.15, 0.2) is 0 Å². The lowest BCUT2D eigenvalue weighted by Gasteiger charge is -2.32. The molecule has 1 heterocycles. The first kappa shape index (κ1) is 27.9. The molecular weight excluding hydrogens is 459 g/mol. The van der Waals surface area contributed by atoms with Gasteiger partial charge in [-0.1, -0.05) is 69.6 Å². The van der Waals surface area contributed by atoms with E-state index in [1.807, 2.05) is 0 Å². The molecule has 1 atom stereocenters. The normalized spacial score (nSPS) is 25.4. The molecule has 5 rings (SSSR count). The summed E-state index contributed by atoms with van der Waals surface area (Å²) in [6.45, 7) is 0. The van der Waals surface area contributed by atoms with E-state index in [4.69, 9.17) is 5.73 Å². The number of rotatable bonds is 7. The number of para-hydroxylation sites is 1. The highest BCUT2D eigenvalue weighted by molar-refractivity contribution is 5.86. The molecule has 0 amide bonds. The van der Waals surface area contributed by atoms with Crippen LogP contribution in [0.3, 0.4) is 0 Å². The summed E-state index contributed by atoms with van der Waals surface area (Å²) in [6, 6.07) is 10.6. The van der Waals surface area contributed by atoms with E-state index in [2.05, 4.69) is 35.0 Å². The average Bonchev–Trinajstić information content (AvgIpc) is 3.24. The molecule has 34 heavy (non-hydrogen) atoms. The third kappa shape index (κ3) is 6.54. The highest BCUT2D eigenvalue weighted by Crippen LogP contribution is 2.44. The van der Waals surface area contributed by atoms with Crippen molar-refractivity contribution in [1.29, 1.82) is 0 Å². The first-order valence-electron chi connectivity index (χ1n) is 14.1. The molecule has 4 heteroatoms. The van der Waals surface area contributed by atoms with Crippen molar-refractivity contribution in [2.75, 3.05) is 0 Å². The Bertz CT molecular complexity index is 843. The third-order valence-electron chi connectivity index (χ3n) is 9.38. The number of benzene rings is 1. The molecule has 1 aromatic carbocycles. The smallest absolute Gasteiger partial charge is 0.0485 e. The van der Waals surface area contributed by atoms with Gasteiger partial charge in [0.2, 0.25) is 0 Å². The highest BCUT2D eigenvalue weighted by atomic mass is 35.5. The summed E-state index contributed by atoms with van der Waals surface area (Å²) in [6.07, 6.45) is 26.4. The van der Waals surface area contributed by atoms with Gasteiger partial charge in [0.1, 0.15) is 0 Å². The molecule has 3 fully saturated rings. The van der Waals surface area contributed by atoms with Crippen molar-refractivity contribution in [2.45, 2.75) is 127 Å². The fraction of sp³-hybridized carbons (Fsp3) is 0.733. The second kappa shape index (κ2) is 13.6. The Balaban J connectivity index is 0.00000162. The van der Waals surface area contributed by atoms with Crippen molar-refractivity contribution in [1.82, 2.24) is 4.57 Å². The Morgan fingerprint density at radius 1 is 0.794 bits per heavy atom. The SMILES string of the molecule is Cl.Cl.NC1CCC(CCCC(c2cn(C3CCCCC3)c3ccccc23)C2CCCCC2)CC1. The summed E-state index contributed by atoms with van der Waals surface area (Å²) in [7, 11) is 0. The molecule has 192 valence electrons. The van der Waals surface area contributed by atoms with Gasteiger partial charge in [-0.15, -0.1) is 24.8 Å². The topological polar surface area (TPSA) is 30.9 Å². The number of halogens is 2. The van der Waals surface area contributed by atoms with E-state index >= 15 is 0 Å². The fourth-order valence-corrected chi connectivity index (χ4v) is 7.47. The van der Waals surface area contributed by atoms with E-state index in [1.165, 1.54) is 115 Å². The summed E-state index contributed by atoms with van der Waals surface area (Å²) >= 11 is 0. The second-order valence-corrected chi connectivity index (χ2v) is 11.5. The van der Waals surface area contributed by atoms with Crippen LogP contribution in [0.25, 0.3) is 10.9 Å². The molecule has 2 N–H and O–H groups in total. The van der Waals surface area contributed by atoms with E-state index < -0.39 is 0 Å². The predicted molar refractivity (Wildman–Crippen MR) is 152 cm³/mol. The zero-order chi connectivity index (χ0) is 21.8. The van der Waals surface area contributed by atoms with Gasteiger partial charge in [-0.2, -0.15) is 0 Å². The lowest BCUT2D eigenvalue weighted by Crippen LogP contribution is -2.26. The van der Waals surface area contributed by atoms with Crippen LogP contribution in [-0.4, -0.2) is 10.6 Å². The van der Waals surface area contributed by atoms with Crippen LogP contribution in [0.15, 0.2) is 30.5 Å². The van der Waals surface area contributed by atoms with Crippen molar-refractivity contribution in [3.05, 3.63) is 36.0 Å². The van der Waals surface area contributed by atoms with Crippen molar-refractivity contribution < 1.29 is 0 Å². The molecule has 1 aromatic heterocycles. The van der Waals surface area contributed by atoms with Crippen molar-refractivity contribution in [2.24, 2.45) is 17.6 Å². The highest BCUT2D eigenvalue weighted by Gasteiger charge is 2.29. The monoisotopic (exact) mass is 506 g/mol. The number of fused-ring (bicyclic) bond motifs is 1. The molecule has 0 bridgehead atoms. The minimum atomic E-state index is 0. The van der Waals surface area contributed by atoms with Crippen LogP contribution in [0.4, 0.5) is 0 Å². The predicted octanol–water partition coefficient (Wildman–Crippen LogP) is 9.34. The minimum absolute atomic E-state index is 0. The summed E-state index contributed by atoms with van der Waals surface area (Å²) < 4.78 is 2.71. The number of nitrogens with zero attached hydrogens (tertiary/aromatic N) is 1. The maximum absolute atomic E-state index is 6.16. The average molecular weight is 508 g/mol. The van der Waals surface area contributed by atoms with Crippen LogP contribution in [0.5, 0.6) is 0 Å². The Kier molecular flexibility index (Phi) is 11.1. The quantitative estimate of drug-likeness (QED) is 0.398. The van der Waals surface area contributed by atoms with E-state index in [9.17, 15) is 0 Å². The Morgan fingerprint density at radius 3 is 2.15 bits per heavy atom. The van der Waals surface area contributed by atoms with Crippen molar-refractivity contribution >= 4 is 35.7 Å². The van der Waals surface area contributed by atoms with Crippen LogP contribution in [0.1, 0.15) is 127 Å². The van der Waals surface area contributed by atoms with Gasteiger partial charge in [0.25, 0.3) is 0 Å². The summed E-state index contributed by atoms with van der Waals surface area (Å²) in [5.74, 6) is 2.59. The lowest BCUT2D eigenvalue weighted by molar-refractivity contribution is 0.269. The largest absolute Gasteiger partial charge is 0.344 e. The summed E-state index contributed by atoms with van der Waals surface area (Å²) in [5, 5.41) is 1.57. The fourth-order valence-electron chi connectivity index (χ4n) is 7.47. The summed E-state index contributed by atoms with van der Waals surface area (Å²) in [5.41, 5.74) is 9.37. The van der Waals surface area contributed by atoms with Gasteiger partial charge in [-0.25, -0.2) is 0 Å². The second-order valence-electron chi connectivity index (χ2n) is 11.5. The molecule has 0 spiro atoms. The molecule has 0 saturated heterocycles. The van der Waals surface area contributed by atoms with E-state index in [-0.39, 0.29) is 24.8 Å². The lowest BCUT2D eigenvalue weighted by atomic mass is 9.74. The standard InChI is InChI=1S/C30H46N2.2ClH/c31-25-20-18-23(19-21-25)10-9-16-27(24-11-3-1-4-12-24)29-22-32(26-13-5-2-6-14-26)30-17-8-7-15-28(29)30;;/h7-8,15,17,22-27H,1-6,9-14,16,18-21,31H2;2*1H. The van der Waals surface area contributed by atoms with E-state index in [1.54, 1.807) is 10.9 Å². The first-order chi connectivity index (χ1) is 15.8. The van der Waals surface area contributed by atoms with Gasteiger partial charge in [0, 0.05) is 29.2 Å². The zero-order valence-electron chi connectivity index (χ0n) is 21.1. The van der Waals surface area contributed by atoms with Crippen LogP contribution in [0, 0.1) is 11.8 Å². The molecule has 2 nitrogen and oxygen atoms in total.